The number of hydrogen-bond acceptors (Lipinski definition) is 2. The summed E-state index contributed by atoms with van der Waals surface area (Å²) in [4.78, 5) is 4.85. The second-order valence-corrected chi connectivity index (χ2v) is 5.89. The Morgan fingerprint density at radius 2 is 2.00 bits per heavy atom. The van der Waals surface area contributed by atoms with E-state index < -0.39 is 0 Å². The predicted molar refractivity (Wildman–Crippen MR) is 80.3 cm³/mol. The first-order chi connectivity index (χ1) is 8.18. The number of rotatable bonds is 0. The van der Waals surface area contributed by atoms with Crippen molar-refractivity contribution in [3.8, 4) is 0 Å². The van der Waals surface area contributed by atoms with Crippen molar-refractivity contribution in [1.29, 1.82) is 0 Å². The average molecular weight is 338 g/mol. The molecule has 0 radical (unpaired) electrons. The third-order valence-electron chi connectivity index (χ3n) is 3.67. The Labute approximate surface area is 115 Å². The van der Waals surface area contributed by atoms with Crippen LogP contribution in [-0.4, -0.2) is 4.98 Å². The first-order valence-corrected chi connectivity index (χ1v) is 7.12. The molecule has 0 spiro atoms. The van der Waals surface area contributed by atoms with E-state index in [0.29, 0.717) is 0 Å². The number of benzene rings is 1. The zero-order valence-corrected chi connectivity index (χ0v) is 12.0. The maximum absolute atomic E-state index is 6.32. The SMILES string of the molecule is Cc1c(I)ccc2c(N)c3c(nc12)CCCC3. The van der Waals surface area contributed by atoms with Gasteiger partial charge in [-0.05, 0) is 78.5 Å². The highest BCUT2D eigenvalue weighted by Gasteiger charge is 2.17. The number of aryl methyl sites for hydroxylation is 2. The van der Waals surface area contributed by atoms with Crippen molar-refractivity contribution in [1.82, 2.24) is 4.98 Å². The number of pyridine rings is 1. The van der Waals surface area contributed by atoms with Crippen LogP contribution in [0.2, 0.25) is 0 Å². The van der Waals surface area contributed by atoms with E-state index in [1.807, 2.05) is 0 Å². The van der Waals surface area contributed by atoms with Crippen molar-refractivity contribution in [2.75, 3.05) is 5.73 Å². The summed E-state index contributed by atoms with van der Waals surface area (Å²) >= 11 is 2.36. The van der Waals surface area contributed by atoms with Crippen LogP contribution in [0.5, 0.6) is 0 Å². The van der Waals surface area contributed by atoms with Crippen LogP contribution in [0.15, 0.2) is 12.1 Å². The summed E-state index contributed by atoms with van der Waals surface area (Å²) in [7, 11) is 0. The molecule has 1 aromatic carbocycles. The number of nitrogen functional groups attached to an aromatic ring is 1. The third-order valence-corrected chi connectivity index (χ3v) is 4.83. The molecule has 88 valence electrons. The fraction of sp³-hybridized carbons (Fsp3) is 0.357. The van der Waals surface area contributed by atoms with Crippen LogP contribution in [-0.2, 0) is 12.8 Å². The van der Waals surface area contributed by atoms with Crippen LogP contribution >= 0.6 is 22.6 Å². The number of aromatic nitrogens is 1. The molecule has 0 fully saturated rings. The molecule has 0 saturated heterocycles. The number of fused-ring (bicyclic) bond motifs is 2. The monoisotopic (exact) mass is 338 g/mol. The first kappa shape index (κ1) is 11.3. The van der Waals surface area contributed by atoms with E-state index in [2.05, 4.69) is 41.6 Å². The molecule has 0 amide bonds. The zero-order chi connectivity index (χ0) is 12.0. The van der Waals surface area contributed by atoms with Gasteiger partial charge in [0.1, 0.15) is 0 Å². The van der Waals surface area contributed by atoms with Crippen molar-refractivity contribution in [3.63, 3.8) is 0 Å². The predicted octanol–water partition coefficient (Wildman–Crippen LogP) is 3.61. The molecule has 2 nitrogen and oxygen atoms in total. The molecule has 1 aromatic heterocycles. The van der Waals surface area contributed by atoms with Gasteiger partial charge in [-0.1, -0.05) is 0 Å². The van der Waals surface area contributed by atoms with E-state index in [0.717, 1.165) is 29.4 Å². The summed E-state index contributed by atoms with van der Waals surface area (Å²) in [6.07, 6.45) is 4.66. The van der Waals surface area contributed by atoms with Crippen LogP contribution < -0.4 is 5.73 Å². The van der Waals surface area contributed by atoms with Crippen LogP contribution in [0.25, 0.3) is 10.9 Å². The molecule has 1 aliphatic carbocycles. The van der Waals surface area contributed by atoms with Crippen LogP contribution in [0.3, 0.4) is 0 Å². The summed E-state index contributed by atoms with van der Waals surface area (Å²) in [5.74, 6) is 0. The van der Waals surface area contributed by atoms with Crippen LogP contribution in [0.4, 0.5) is 5.69 Å². The summed E-state index contributed by atoms with van der Waals surface area (Å²) in [6.45, 7) is 2.13. The lowest BCUT2D eigenvalue weighted by Crippen LogP contribution is -2.10. The Bertz CT molecular complexity index is 605. The molecule has 2 N–H and O–H groups in total. The number of hydrogen-bond donors (Lipinski definition) is 1. The number of nitrogens with zero attached hydrogens (tertiary/aromatic N) is 1. The highest BCUT2D eigenvalue weighted by molar-refractivity contribution is 14.1. The molecular weight excluding hydrogens is 323 g/mol. The lowest BCUT2D eigenvalue weighted by Gasteiger charge is -2.19. The zero-order valence-electron chi connectivity index (χ0n) is 9.89. The Morgan fingerprint density at radius 3 is 2.82 bits per heavy atom. The Kier molecular flexibility index (Phi) is 2.73. The maximum Gasteiger partial charge on any atom is 0.0765 e. The fourth-order valence-corrected chi connectivity index (χ4v) is 3.07. The minimum absolute atomic E-state index is 0.962. The van der Waals surface area contributed by atoms with Crippen LogP contribution in [0, 0.1) is 10.5 Å². The summed E-state index contributed by atoms with van der Waals surface area (Å²) < 4.78 is 1.26. The van der Waals surface area contributed by atoms with Gasteiger partial charge in [-0.3, -0.25) is 4.98 Å². The van der Waals surface area contributed by atoms with Crippen LogP contribution in [0.1, 0.15) is 29.7 Å². The number of nitrogens with two attached hydrogens (primary N) is 1. The molecule has 3 heteroatoms. The summed E-state index contributed by atoms with van der Waals surface area (Å²) in [5, 5.41) is 1.13. The first-order valence-electron chi connectivity index (χ1n) is 6.04. The molecule has 3 rings (SSSR count). The average Bonchev–Trinajstić information content (AvgIpc) is 2.35. The van der Waals surface area contributed by atoms with E-state index >= 15 is 0 Å². The minimum Gasteiger partial charge on any atom is -0.398 e. The van der Waals surface area contributed by atoms with E-state index in [-0.39, 0.29) is 0 Å². The van der Waals surface area contributed by atoms with Gasteiger partial charge in [0.05, 0.1) is 5.52 Å². The molecule has 0 unspecified atom stereocenters. The minimum atomic E-state index is 0.962. The Morgan fingerprint density at radius 1 is 1.24 bits per heavy atom. The molecule has 0 bridgehead atoms. The van der Waals surface area contributed by atoms with E-state index in [4.69, 9.17) is 10.7 Å². The standard InChI is InChI=1S/C14H15IN2/c1-8-11(15)7-6-10-13(16)9-4-2-3-5-12(9)17-14(8)10/h6-7H,2-5H2,1H3,(H2,16,17). The number of anilines is 1. The van der Waals surface area contributed by atoms with Gasteiger partial charge in [-0.25, -0.2) is 0 Å². The van der Waals surface area contributed by atoms with Gasteiger partial charge in [0.15, 0.2) is 0 Å². The lowest BCUT2D eigenvalue weighted by atomic mass is 9.92. The quantitative estimate of drug-likeness (QED) is 0.746. The van der Waals surface area contributed by atoms with Crippen molar-refractivity contribution >= 4 is 39.2 Å². The summed E-state index contributed by atoms with van der Waals surface area (Å²) in [6, 6.07) is 4.24. The van der Waals surface area contributed by atoms with Gasteiger partial charge >= 0.3 is 0 Å². The second-order valence-electron chi connectivity index (χ2n) is 4.73. The third kappa shape index (κ3) is 1.71. The normalized spacial score (nSPS) is 14.9. The summed E-state index contributed by atoms with van der Waals surface area (Å²) in [5.41, 5.74) is 12.1. The molecule has 2 aromatic rings. The van der Waals surface area contributed by atoms with Crippen molar-refractivity contribution in [2.45, 2.75) is 32.6 Å². The van der Waals surface area contributed by atoms with Gasteiger partial charge in [0, 0.05) is 20.3 Å². The Balaban J connectivity index is 2.40. The highest BCUT2D eigenvalue weighted by atomic mass is 127. The molecule has 1 aliphatic rings. The van der Waals surface area contributed by atoms with Gasteiger partial charge in [-0.2, -0.15) is 0 Å². The van der Waals surface area contributed by atoms with Crippen molar-refractivity contribution < 1.29 is 0 Å². The molecule has 0 atom stereocenters. The van der Waals surface area contributed by atoms with Gasteiger partial charge in [0.25, 0.3) is 0 Å². The van der Waals surface area contributed by atoms with Crippen molar-refractivity contribution in [3.05, 3.63) is 32.5 Å². The number of halogens is 1. The molecule has 0 aliphatic heterocycles. The lowest BCUT2D eigenvalue weighted by molar-refractivity contribution is 0.673. The van der Waals surface area contributed by atoms with E-state index in [1.165, 1.54) is 33.2 Å². The van der Waals surface area contributed by atoms with Gasteiger partial charge in [0.2, 0.25) is 0 Å². The molecule has 1 heterocycles. The van der Waals surface area contributed by atoms with E-state index in [1.54, 1.807) is 0 Å². The molecular formula is C14H15IN2. The highest BCUT2D eigenvalue weighted by Crippen LogP contribution is 2.33. The molecule has 17 heavy (non-hydrogen) atoms. The van der Waals surface area contributed by atoms with Gasteiger partial charge in [-0.15, -0.1) is 0 Å². The smallest absolute Gasteiger partial charge is 0.0765 e. The maximum atomic E-state index is 6.32. The topological polar surface area (TPSA) is 38.9 Å². The Hall–Kier alpha value is -0.840. The molecule has 0 saturated carbocycles. The second kappa shape index (κ2) is 4.12. The van der Waals surface area contributed by atoms with Gasteiger partial charge < -0.3 is 5.73 Å². The fourth-order valence-electron chi connectivity index (χ4n) is 2.64. The largest absolute Gasteiger partial charge is 0.398 e. The van der Waals surface area contributed by atoms with E-state index in [9.17, 15) is 0 Å². The van der Waals surface area contributed by atoms with Crippen molar-refractivity contribution in [2.24, 2.45) is 0 Å².